The van der Waals surface area contributed by atoms with Gasteiger partial charge in [0.2, 0.25) is 0 Å². The number of nitrogens with zero attached hydrogens (tertiary/aromatic N) is 2. The molecule has 0 unspecified atom stereocenters. The Labute approximate surface area is 217 Å². The first-order valence-electron chi connectivity index (χ1n) is 12.1. The van der Waals surface area contributed by atoms with Gasteiger partial charge in [0.25, 0.3) is 5.69 Å². The summed E-state index contributed by atoms with van der Waals surface area (Å²) in [6.07, 6.45) is 4.18. The summed E-state index contributed by atoms with van der Waals surface area (Å²) in [6.45, 7) is 1.50. The SMILES string of the molecule is COC(=O)c1cc(COC(=O)c2c3c(nc4ccccc24)/C(=C\c2ccc([N+](=O)[O-])cc2)CCC3)oc1C. The number of pyridine rings is 1. The number of nitro benzene ring substituents is 1. The van der Waals surface area contributed by atoms with Crippen molar-refractivity contribution in [3.63, 3.8) is 0 Å². The maximum absolute atomic E-state index is 13.5. The van der Waals surface area contributed by atoms with E-state index in [4.69, 9.17) is 18.9 Å². The Morgan fingerprint density at radius 1 is 1.11 bits per heavy atom. The maximum atomic E-state index is 13.5. The van der Waals surface area contributed by atoms with Gasteiger partial charge in [0.1, 0.15) is 23.7 Å². The summed E-state index contributed by atoms with van der Waals surface area (Å²) in [6, 6.07) is 15.3. The predicted molar refractivity (Wildman–Crippen MR) is 140 cm³/mol. The van der Waals surface area contributed by atoms with Gasteiger partial charge in [-0.2, -0.15) is 0 Å². The number of allylic oxidation sites excluding steroid dienone is 1. The molecule has 2 heterocycles. The van der Waals surface area contributed by atoms with Crippen molar-refractivity contribution < 1.29 is 28.4 Å². The van der Waals surface area contributed by atoms with E-state index in [-0.39, 0.29) is 17.9 Å². The highest BCUT2D eigenvalue weighted by atomic mass is 16.6. The van der Waals surface area contributed by atoms with Crippen LogP contribution in [0.2, 0.25) is 0 Å². The Kier molecular flexibility index (Phi) is 6.74. The van der Waals surface area contributed by atoms with E-state index >= 15 is 0 Å². The highest BCUT2D eigenvalue weighted by Gasteiger charge is 2.26. The second-order valence-corrected chi connectivity index (χ2v) is 8.95. The number of carbonyl (C=O) groups excluding carboxylic acids is 2. The molecule has 0 amide bonds. The number of furan rings is 1. The molecule has 1 aliphatic rings. The molecule has 9 nitrogen and oxygen atoms in total. The molecule has 0 saturated carbocycles. The van der Waals surface area contributed by atoms with Crippen molar-refractivity contribution in [1.29, 1.82) is 0 Å². The van der Waals surface area contributed by atoms with Gasteiger partial charge in [-0.15, -0.1) is 0 Å². The number of ether oxygens (including phenoxy) is 2. The molecule has 0 atom stereocenters. The van der Waals surface area contributed by atoms with Gasteiger partial charge in [-0.25, -0.2) is 14.6 Å². The number of hydrogen-bond acceptors (Lipinski definition) is 8. The van der Waals surface area contributed by atoms with Gasteiger partial charge in [0, 0.05) is 17.5 Å². The van der Waals surface area contributed by atoms with E-state index in [1.54, 1.807) is 19.1 Å². The highest BCUT2D eigenvalue weighted by Crippen LogP contribution is 2.36. The number of benzene rings is 2. The Bertz CT molecular complexity index is 1600. The minimum atomic E-state index is -0.523. The Morgan fingerprint density at radius 3 is 2.61 bits per heavy atom. The molecule has 0 spiro atoms. The van der Waals surface area contributed by atoms with Gasteiger partial charge in [-0.05, 0) is 73.2 Å². The van der Waals surface area contributed by atoms with Crippen LogP contribution in [0.5, 0.6) is 0 Å². The van der Waals surface area contributed by atoms with E-state index in [1.165, 1.54) is 25.3 Å². The first-order chi connectivity index (χ1) is 18.4. The molecule has 9 heteroatoms. The molecule has 2 aromatic heterocycles. The van der Waals surface area contributed by atoms with Crippen molar-refractivity contribution in [2.75, 3.05) is 7.11 Å². The van der Waals surface area contributed by atoms with Crippen LogP contribution >= 0.6 is 0 Å². The number of hydrogen-bond donors (Lipinski definition) is 0. The first-order valence-corrected chi connectivity index (χ1v) is 12.1. The van der Waals surface area contributed by atoms with Crippen LogP contribution in [0.4, 0.5) is 5.69 Å². The minimum Gasteiger partial charge on any atom is -0.465 e. The van der Waals surface area contributed by atoms with E-state index < -0.39 is 16.9 Å². The number of carbonyl (C=O) groups is 2. The molecule has 0 bridgehead atoms. The molecule has 5 rings (SSSR count). The van der Waals surface area contributed by atoms with Gasteiger partial charge in [-0.3, -0.25) is 10.1 Å². The van der Waals surface area contributed by atoms with Crippen molar-refractivity contribution >= 4 is 40.2 Å². The molecular formula is C29H24N2O7. The van der Waals surface area contributed by atoms with E-state index in [1.807, 2.05) is 30.3 Å². The monoisotopic (exact) mass is 512 g/mol. The van der Waals surface area contributed by atoms with E-state index in [9.17, 15) is 19.7 Å². The fourth-order valence-electron chi connectivity index (χ4n) is 4.74. The fourth-order valence-corrected chi connectivity index (χ4v) is 4.74. The largest absolute Gasteiger partial charge is 0.465 e. The van der Waals surface area contributed by atoms with Crippen LogP contribution in [0.15, 0.2) is 59.0 Å². The van der Waals surface area contributed by atoms with Crippen LogP contribution in [0.1, 0.15) is 61.9 Å². The molecule has 0 aliphatic heterocycles. The Morgan fingerprint density at radius 2 is 1.87 bits per heavy atom. The number of non-ortho nitro benzene ring substituents is 1. The zero-order valence-corrected chi connectivity index (χ0v) is 20.9. The Balaban J connectivity index is 1.51. The van der Waals surface area contributed by atoms with E-state index in [0.29, 0.717) is 34.4 Å². The number of rotatable bonds is 6. The third-order valence-corrected chi connectivity index (χ3v) is 6.54. The van der Waals surface area contributed by atoms with Gasteiger partial charge in [-0.1, -0.05) is 18.2 Å². The molecule has 192 valence electrons. The lowest BCUT2D eigenvalue weighted by Crippen LogP contribution is -2.15. The second-order valence-electron chi connectivity index (χ2n) is 8.95. The summed E-state index contributed by atoms with van der Waals surface area (Å²) in [7, 11) is 1.29. The van der Waals surface area contributed by atoms with Crippen molar-refractivity contribution in [3.05, 3.63) is 104 Å². The molecule has 1 aliphatic carbocycles. The van der Waals surface area contributed by atoms with Crippen molar-refractivity contribution in [2.24, 2.45) is 0 Å². The molecule has 0 fully saturated rings. The van der Waals surface area contributed by atoms with Crippen LogP contribution in [-0.4, -0.2) is 29.0 Å². The minimum absolute atomic E-state index is 0.0239. The van der Waals surface area contributed by atoms with Gasteiger partial charge in [0.15, 0.2) is 0 Å². The maximum Gasteiger partial charge on any atom is 0.341 e. The first kappa shape index (κ1) is 24.9. The third-order valence-electron chi connectivity index (χ3n) is 6.54. The van der Waals surface area contributed by atoms with Crippen LogP contribution < -0.4 is 0 Å². The standard InChI is InChI=1S/C29H24N2O7/c1-17-24(28(32)36-2)15-21(38-17)16-37-29(33)26-22-7-3-4-9-25(22)30-27-19(6-5-8-23(26)27)14-18-10-12-20(13-11-18)31(34)35/h3-4,7,9-15H,5-6,8,16H2,1-2H3/b19-14-. The molecule has 0 N–H and O–H groups in total. The lowest BCUT2D eigenvalue weighted by atomic mass is 9.86. The van der Waals surface area contributed by atoms with Crippen LogP contribution in [0.3, 0.4) is 0 Å². The molecule has 2 aromatic carbocycles. The predicted octanol–water partition coefficient (Wildman–Crippen LogP) is 6.06. The van der Waals surface area contributed by atoms with Gasteiger partial charge >= 0.3 is 11.9 Å². The number of aryl methyl sites for hydroxylation is 1. The number of aromatic nitrogens is 1. The lowest BCUT2D eigenvalue weighted by Gasteiger charge is -2.22. The van der Waals surface area contributed by atoms with Gasteiger partial charge in [0.05, 0.1) is 28.8 Å². The average Bonchev–Trinajstić information content (AvgIpc) is 3.30. The zero-order chi connectivity index (χ0) is 26.8. The number of methoxy groups -OCH3 is 1. The molecule has 0 radical (unpaired) electrons. The third kappa shape index (κ3) is 4.78. The highest BCUT2D eigenvalue weighted by molar-refractivity contribution is 6.06. The van der Waals surface area contributed by atoms with Crippen molar-refractivity contribution in [2.45, 2.75) is 32.8 Å². The summed E-state index contributed by atoms with van der Waals surface area (Å²) in [5.41, 5.74) is 4.72. The van der Waals surface area contributed by atoms with Crippen molar-refractivity contribution in [3.8, 4) is 0 Å². The topological polar surface area (TPSA) is 122 Å². The molecular weight excluding hydrogens is 488 g/mol. The lowest BCUT2D eigenvalue weighted by molar-refractivity contribution is -0.384. The van der Waals surface area contributed by atoms with Gasteiger partial charge < -0.3 is 13.9 Å². The van der Waals surface area contributed by atoms with Crippen LogP contribution in [0, 0.1) is 17.0 Å². The summed E-state index contributed by atoms with van der Waals surface area (Å²) >= 11 is 0. The number of fused-ring (bicyclic) bond motifs is 2. The fraction of sp³-hybridized carbons (Fsp3) is 0.207. The quantitative estimate of drug-likeness (QED) is 0.173. The molecule has 38 heavy (non-hydrogen) atoms. The van der Waals surface area contributed by atoms with E-state index in [2.05, 4.69) is 0 Å². The number of para-hydroxylation sites is 1. The zero-order valence-electron chi connectivity index (χ0n) is 20.9. The molecule has 4 aromatic rings. The second kappa shape index (κ2) is 10.3. The van der Waals surface area contributed by atoms with Crippen LogP contribution in [0.25, 0.3) is 22.6 Å². The van der Waals surface area contributed by atoms with Crippen LogP contribution in [-0.2, 0) is 22.5 Å². The van der Waals surface area contributed by atoms with Crippen molar-refractivity contribution in [1.82, 2.24) is 4.98 Å². The normalized spacial score (nSPS) is 13.8. The average molecular weight is 513 g/mol. The summed E-state index contributed by atoms with van der Waals surface area (Å²) in [5.74, 6) is -0.312. The number of esters is 2. The van der Waals surface area contributed by atoms with E-state index in [0.717, 1.165) is 35.2 Å². The summed E-state index contributed by atoms with van der Waals surface area (Å²) in [4.78, 5) is 40.8. The summed E-state index contributed by atoms with van der Waals surface area (Å²) < 4.78 is 16.0. The number of nitro groups is 1. The molecule has 0 saturated heterocycles. The smallest absolute Gasteiger partial charge is 0.341 e. The Hall–Kier alpha value is -4.79. The summed E-state index contributed by atoms with van der Waals surface area (Å²) in [5, 5.41) is 11.7.